The smallest absolute Gasteiger partial charge is 0.391 e. The Kier molecular flexibility index (Phi) is 6.91. The van der Waals surface area contributed by atoms with Crippen molar-refractivity contribution in [3.05, 3.63) is 29.8 Å². The normalized spacial score (nSPS) is 10.8. The second kappa shape index (κ2) is 8.46. The molecule has 0 saturated carbocycles. The van der Waals surface area contributed by atoms with Crippen LogP contribution in [-0.4, -0.2) is 37.7 Å². The second-order valence-corrected chi connectivity index (χ2v) is 3.81. The van der Waals surface area contributed by atoms with Gasteiger partial charge in [-0.05, 0) is 18.2 Å². The van der Waals surface area contributed by atoms with Crippen LogP contribution in [-0.2, 0) is 4.74 Å². The summed E-state index contributed by atoms with van der Waals surface area (Å²) in [6.07, 6.45) is -5.15. The Balaban J connectivity index is 2.25. The van der Waals surface area contributed by atoms with Crippen molar-refractivity contribution in [1.29, 1.82) is 0 Å². The number of aliphatic hydroxyl groups excluding tert-OH is 1. The summed E-state index contributed by atoms with van der Waals surface area (Å²) in [6.45, 7) is -0.343. The summed E-state index contributed by atoms with van der Waals surface area (Å²) in [7, 11) is 0. The van der Waals surface area contributed by atoms with E-state index in [1.807, 2.05) is 0 Å². The van der Waals surface area contributed by atoms with E-state index in [9.17, 15) is 13.2 Å². The van der Waals surface area contributed by atoms with Gasteiger partial charge in [-0.15, -0.1) is 0 Å². The molecule has 0 atom stereocenters. The molecule has 1 aromatic rings. The van der Waals surface area contributed by atoms with E-state index in [-0.39, 0.29) is 26.4 Å². The quantitative estimate of drug-likeness (QED) is 0.645. The maximum Gasteiger partial charge on any atom is 0.391 e. The van der Waals surface area contributed by atoms with Gasteiger partial charge in [0.15, 0.2) is 0 Å². The topological polar surface area (TPSA) is 38.7 Å². The van der Waals surface area contributed by atoms with Crippen LogP contribution in [0.1, 0.15) is 12.0 Å². The summed E-state index contributed by atoms with van der Waals surface area (Å²) in [5, 5.41) is 8.58. The van der Waals surface area contributed by atoms with E-state index in [0.29, 0.717) is 11.3 Å². The zero-order valence-electron chi connectivity index (χ0n) is 10.7. The van der Waals surface area contributed by atoms with Gasteiger partial charge in [0.05, 0.1) is 19.6 Å². The van der Waals surface area contributed by atoms with E-state index in [1.165, 1.54) is 0 Å². The summed E-state index contributed by atoms with van der Waals surface area (Å²) in [5.41, 5.74) is 0.689. The van der Waals surface area contributed by atoms with Gasteiger partial charge in [-0.1, -0.05) is 17.9 Å². The van der Waals surface area contributed by atoms with Crippen LogP contribution >= 0.6 is 0 Å². The van der Waals surface area contributed by atoms with Crippen molar-refractivity contribution in [2.75, 3.05) is 26.4 Å². The molecule has 110 valence electrons. The first-order valence-electron chi connectivity index (χ1n) is 5.98. The number of benzene rings is 1. The van der Waals surface area contributed by atoms with Gasteiger partial charge in [-0.3, -0.25) is 0 Å². The van der Waals surface area contributed by atoms with Crippen LogP contribution in [0.4, 0.5) is 13.2 Å². The number of alkyl halides is 3. The van der Waals surface area contributed by atoms with Crippen LogP contribution in [0.15, 0.2) is 24.3 Å². The highest BCUT2D eigenvalue weighted by Crippen LogP contribution is 2.19. The zero-order valence-corrected chi connectivity index (χ0v) is 10.7. The molecule has 3 nitrogen and oxygen atoms in total. The van der Waals surface area contributed by atoms with Crippen molar-refractivity contribution in [2.24, 2.45) is 0 Å². The van der Waals surface area contributed by atoms with Crippen molar-refractivity contribution in [3.63, 3.8) is 0 Å². The molecule has 0 spiro atoms. The van der Waals surface area contributed by atoms with Crippen molar-refractivity contribution < 1.29 is 27.8 Å². The Morgan fingerprint density at radius 1 is 1.15 bits per heavy atom. The van der Waals surface area contributed by atoms with Crippen molar-refractivity contribution in [2.45, 2.75) is 12.6 Å². The number of hydrogen-bond acceptors (Lipinski definition) is 3. The van der Waals surface area contributed by atoms with Crippen LogP contribution < -0.4 is 4.74 Å². The highest BCUT2D eigenvalue weighted by Gasteiger charge is 2.26. The average molecular weight is 288 g/mol. The molecule has 0 aliphatic heterocycles. The number of ether oxygens (including phenoxy) is 2. The number of halogens is 3. The molecule has 0 radical (unpaired) electrons. The summed E-state index contributed by atoms with van der Waals surface area (Å²) >= 11 is 0. The molecule has 0 unspecified atom stereocenters. The van der Waals surface area contributed by atoms with Crippen molar-refractivity contribution >= 4 is 0 Å². The van der Waals surface area contributed by atoms with Gasteiger partial charge in [0, 0.05) is 5.56 Å². The molecular formula is C14H15F3O3. The molecule has 0 heterocycles. The maximum atomic E-state index is 11.8. The summed E-state index contributed by atoms with van der Waals surface area (Å²) in [5.74, 6) is 5.78. The summed E-state index contributed by atoms with van der Waals surface area (Å²) in [4.78, 5) is 0. The minimum atomic E-state index is -4.19. The van der Waals surface area contributed by atoms with Crippen molar-refractivity contribution in [1.82, 2.24) is 0 Å². The molecule has 0 saturated heterocycles. The van der Waals surface area contributed by atoms with Crippen LogP contribution in [0.25, 0.3) is 0 Å². The lowest BCUT2D eigenvalue weighted by Crippen LogP contribution is -2.14. The molecule has 0 aliphatic rings. The third-order valence-electron chi connectivity index (χ3n) is 2.17. The molecule has 0 fully saturated rings. The standard InChI is InChI=1S/C14H15F3O3/c15-14(16,17)6-8-19-9-10-20-13-5-1-3-12(11-13)4-2-7-18/h1,3,5,11,18H,6-10H2. The van der Waals surface area contributed by atoms with Gasteiger partial charge in [-0.2, -0.15) is 13.2 Å². The molecule has 1 aromatic carbocycles. The predicted molar refractivity (Wildman–Crippen MR) is 67.4 cm³/mol. The largest absolute Gasteiger partial charge is 0.491 e. The zero-order chi connectivity index (χ0) is 14.8. The molecular weight excluding hydrogens is 273 g/mol. The van der Waals surface area contributed by atoms with Crippen LogP contribution in [0.2, 0.25) is 0 Å². The van der Waals surface area contributed by atoms with E-state index in [0.717, 1.165) is 0 Å². The van der Waals surface area contributed by atoms with E-state index in [2.05, 4.69) is 11.8 Å². The minimum Gasteiger partial charge on any atom is -0.491 e. The number of hydrogen-bond donors (Lipinski definition) is 1. The fraction of sp³-hybridized carbons (Fsp3) is 0.429. The first-order valence-corrected chi connectivity index (χ1v) is 5.98. The SMILES string of the molecule is OCC#Cc1cccc(OCCOCCC(F)(F)F)c1. The summed E-state index contributed by atoms with van der Waals surface area (Å²) in [6, 6.07) is 6.88. The third-order valence-corrected chi connectivity index (χ3v) is 2.17. The first kappa shape index (κ1) is 16.3. The van der Waals surface area contributed by atoms with Gasteiger partial charge in [0.25, 0.3) is 0 Å². The lowest BCUT2D eigenvalue weighted by atomic mass is 10.2. The molecule has 0 amide bonds. The van der Waals surface area contributed by atoms with Crippen LogP contribution in [0.3, 0.4) is 0 Å². The molecule has 1 rings (SSSR count). The van der Waals surface area contributed by atoms with Gasteiger partial charge in [0.2, 0.25) is 0 Å². The van der Waals surface area contributed by atoms with Gasteiger partial charge >= 0.3 is 6.18 Å². The molecule has 0 aromatic heterocycles. The first-order chi connectivity index (χ1) is 9.51. The highest BCUT2D eigenvalue weighted by atomic mass is 19.4. The predicted octanol–water partition coefficient (Wildman–Crippen LogP) is 2.38. The lowest BCUT2D eigenvalue weighted by molar-refractivity contribution is -0.145. The fourth-order valence-electron chi connectivity index (χ4n) is 1.31. The van der Waals surface area contributed by atoms with E-state index < -0.39 is 12.6 Å². The van der Waals surface area contributed by atoms with Gasteiger partial charge in [0.1, 0.15) is 19.0 Å². The molecule has 0 bridgehead atoms. The van der Waals surface area contributed by atoms with E-state index in [4.69, 9.17) is 14.6 Å². The van der Waals surface area contributed by atoms with Gasteiger partial charge in [-0.25, -0.2) is 0 Å². The molecule has 6 heteroatoms. The van der Waals surface area contributed by atoms with E-state index in [1.54, 1.807) is 24.3 Å². The molecule has 0 aliphatic carbocycles. The Morgan fingerprint density at radius 3 is 2.65 bits per heavy atom. The Hall–Kier alpha value is -1.71. The monoisotopic (exact) mass is 288 g/mol. The minimum absolute atomic E-state index is 0.0859. The van der Waals surface area contributed by atoms with Crippen LogP contribution in [0.5, 0.6) is 5.75 Å². The fourth-order valence-corrected chi connectivity index (χ4v) is 1.31. The Morgan fingerprint density at radius 2 is 1.95 bits per heavy atom. The molecule has 20 heavy (non-hydrogen) atoms. The lowest BCUT2D eigenvalue weighted by Gasteiger charge is -2.08. The number of rotatable bonds is 6. The number of aliphatic hydroxyl groups is 1. The summed E-state index contributed by atoms with van der Waals surface area (Å²) < 4.78 is 45.6. The van der Waals surface area contributed by atoms with Crippen molar-refractivity contribution in [3.8, 4) is 17.6 Å². The van der Waals surface area contributed by atoms with Gasteiger partial charge < -0.3 is 14.6 Å². The Labute approximate surface area is 115 Å². The Bertz CT molecular complexity index is 461. The average Bonchev–Trinajstić information content (AvgIpc) is 2.40. The maximum absolute atomic E-state index is 11.8. The molecule has 1 N–H and O–H groups in total. The highest BCUT2D eigenvalue weighted by molar-refractivity contribution is 5.39. The second-order valence-electron chi connectivity index (χ2n) is 3.81. The van der Waals surface area contributed by atoms with E-state index >= 15 is 0 Å². The third kappa shape index (κ3) is 7.67. The van der Waals surface area contributed by atoms with Crippen LogP contribution in [0, 0.1) is 11.8 Å².